The van der Waals surface area contributed by atoms with Crippen LogP contribution in [0.5, 0.6) is 5.75 Å². The van der Waals surface area contributed by atoms with Crippen molar-refractivity contribution in [2.24, 2.45) is 0 Å². The number of rotatable bonds is 12. The molecule has 0 radical (unpaired) electrons. The number of hydrogen-bond acceptors (Lipinski definition) is 4. The summed E-state index contributed by atoms with van der Waals surface area (Å²) < 4.78 is 33.6. The highest BCUT2D eigenvalue weighted by molar-refractivity contribution is 7.92. The monoisotopic (exact) mass is 419 g/mol. The second-order valence-corrected chi connectivity index (χ2v) is 8.61. The van der Waals surface area contributed by atoms with Crippen LogP contribution in [0.3, 0.4) is 0 Å². The van der Waals surface area contributed by atoms with Crippen LogP contribution >= 0.6 is 0 Å². The van der Waals surface area contributed by atoms with Crippen molar-refractivity contribution in [3.05, 3.63) is 53.6 Å². The number of benzene rings is 2. The number of carboxylic acid groups (broad SMARTS) is 1. The number of sulfonamides is 1. The fourth-order valence-electron chi connectivity index (χ4n) is 2.88. The van der Waals surface area contributed by atoms with Gasteiger partial charge >= 0.3 is 5.97 Å². The normalized spacial score (nSPS) is 11.2. The number of aryl methyl sites for hydroxylation is 1. The summed E-state index contributed by atoms with van der Waals surface area (Å²) in [5.41, 5.74) is 1.19. The molecule has 0 bridgehead atoms. The van der Waals surface area contributed by atoms with E-state index in [1.807, 2.05) is 19.1 Å². The van der Waals surface area contributed by atoms with Crippen LogP contribution in [-0.2, 0) is 16.4 Å². The van der Waals surface area contributed by atoms with Crippen molar-refractivity contribution in [1.29, 1.82) is 0 Å². The topological polar surface area (TPSA) is 92.7 Å². The van der Waals surface area contributed by atoms with Gasteiger partial charge in [0.2, 0.25) is 0 Å². The minimum Gasteiger partial charge on any atom is -0.491 e. The molecule has 2 aromatic rings. The van der Waals surface area contributed by atoms with Crippen molar-refractivity contribution in [2.75, 3.05) is 11.3 Å². The fraction of sp³-hybridized carbons (Fsp3) is 0.409. The van der Waals surface area contributed by atoms with E-state index < -0.39 is 16.0 Å². The second kappa shape index (κ2) is 10.9. The molecule has 2 N–H and O–H groups in total. The van der Waals surface area contributed by atoms with E-state index in [9.17, 15) is 18.3 Å². The van der Waals surface area contributed by atoms with Crippen LogP contribution in [-0.4, -0.2) is 26.1 Å². The van der Waals surface area contributed by atoms with Gasteiger partial charge in [-0.05, 0) is 55.2 Å². The molecule has 0 fully saturated rings. The maximum Gasteiger partial charge on any atom is 0.335 e. The molecule has 2 aromatic carbocycles. The Kier molecular flexibility index (Phi) is 8.51. The van der Waals surface area contributed by atoms with Crippen molar-refractivity contribution >= 4 is 21.7 Å². The van der Waals surface area contributed by atoms with E-state index in [2.05, 4.69) is 11.6 Å². The molecule has 6 nitrogen and oxygen atoms in total. The van der Waals surface area contributed by atoms with Crippen molar-refractivity contribution in [1.82, 2.24) is 0 Å². The summed E-state index contributed by atoms with van der Waals surface area (Å²) in [7, 11) is -3.87. The molecule has 0 amide bonds. The molecule has 0 aliphatic heterocycles. The number of ether oxygens (including phenoxy) is 1. The molecular formula is C22H29NO5S. The molecule has 0 aromatic heterocycles. The summed E-state index contributed by atoms with van der Waals surface area (Å²) in [6.07, 6.45) is 6.29. The molecule has 0 atom stereocenters. The molecule has 0 heterocycles. The summed E-state index contributed by atoms with van der Waals surface area (Å²) in [5, 5.41) is 9.21. The van der Waals surface area contributed by atoms with E-state index >= 15 is 0 Å². The number of unbranched alkanes of at least 4 members (excludes halogenated alkanes) is 3. The van der Waals surface area contributed by atoms with Crippen LogP contribution in [0.15, 0.2) is 47.4 Å². The minimum atomic E-state index is -3.87. The third-order valence-corrected chi connectivity index (χ3v) is 5.87. The lowest BCUT2D eigenvalue weighted by Crippen LogP contribution is -2.15. The molecule has 0 saturated heterocycles. The van der Waals surface area contributed by atoms with E-state index in [1.165, 1.54) is 37.5 Å². The van der Waals surface area contributed by atoms with Gasteiger partial charge in [0.25, 0.3) is 10.0 Å². The average molecular weight is 420 g/mol. The average Bonchev–Trinajstić information content (AvgIpc) is 2.70. The first-order valence-corrected chi connectivity index (χ1v) is 11.5. The summed E-state index contributed by atoms with van der Waals surface area (Å²) >= 11 is 0. The molecule has 158 valence electrons. The van der Waals surface area contributed by atoms with Crippen molar-refractivity contribution < 1.29 is 23.1 Å². The van der Waals surface area contributed by atoms with E-state index in [0.717, 1.165) is 24.8 Å². The summed E-state index contributed by atoms with van der Waals surface area (Å²) in [5.74, 6) is -0.840. The van der Waals surface area contributed by atoms with E-state index in [4.69, 9.17) is 4.74 Å². The first-order valence-electron chi connectivity index (χ1n) is 9.99. The zero-order valence-electron chi connectivity index (χ0n) is 17.0. The smallest absolute Gasteiger partial charge is 0.335 e. The van der Waals surface area contributed by atoms with Gasteiger partial charge in [-0.25, -0.2) is 13.2 Å². The predicted octanol–water partition coefficient (Wildman–Crippen LogP) is 5.10. The lowest BCUT2D eigenvalue weighted by Gasteiger charge is -2.14. The zero-order chi connectivity index (χ0) is 21.3. The fourth-order valence-corrected chi connectivity index (χ4v) is 3.94. The Morgan fingerprint density at radius 2 is 1.72 bits per heavy atom. The quantitative estimate of drug-likeness (QED) is 0.467. The second-order valence-electron chi connectivity index (χ2n) is 6.92. The molecule has 0 saturated carbocycles. The Morgan fingerprint density at radius 3 is 2.34 bits per heavy atom. The Balaban J connectivity index is 2.19. The standard InChI is InChI=1S/C22H29NO5S/c1-3-5-6-7-8-17-9-12-19(13-10-17)29(26,27)23-20-16-18(22(24)25)11-14-21(20)28-15-4-2/h9-14,16,23H,3-8,15H2,1-2H3,(H,24,25). The molecule has 2 rings (SSSR count). The summed E-state index contributed by atoms with van der Waals surface area (Å²) in [4.78, 5) is 11.4. The van der Waals surface area contributed by atoms with Crippen molar-refractivity contribution in [3.8, 4) is 5.75 Å². The van der Waals surface area contributed by atoms with Gasteiger partial charge in [-0.2, -0.15) is 0 Å². The summed E-state index contributed by atoms with van der Waals surface area (Å²) in [6.45, 7) is 4.49. The van der Waals surface area contributed by atoms with Gasteiger partial charge in [0.05, 0.1) is 22.8 Å². The number of anilines is 1. The number of carboxylic acids is 1. The molecular weight excluding hydrogens is 390 g/mol. The molecule has 29 heavy (non-hydrogen) atoms. The molecule has 7 heteroatoms. The van der Waals surface area contributed by atoms with Gasteiger partial charge < -0.3 is 9.84 Å². The predicted molar refractivity (Wildman–Crippen MR) is 114 cm³/mol. The van der Waals surface area contributed by atoms with Gasteiger partial charge in [-0.1, -0.05) is 45.2 Å². The molecule has 0 aliphatic carbocycles. The van der Waals surface area contributed by atoms with Gasteiger partial charge in [0.1, 0.15) is 5.75 Å². The Labute approximate surface area is 173 Å². The lowest BCUT2D eigenvalue weighted by molar-refractivity contribution is 0.0697. The third kappa shape index (κ3) is 6.78. The van der Waals surface area contributed by atoms with Crippen molar-refractivity contribution in [2.45, 2.75) is 57.3 Å². The van der Waals surface area contributed by atoms with E-state index in [1.54, 1.807) is 12.1 Å². The number of hydrogen-bond donors (Lipinski definition) is 2. The number of aromatic carboxylic acids is 1. The van der Waals surface area contributed by atoms with Crippen molar-refractivity contribution in [3.63, 3.8) is 0 Å². The number of nitrogens with one attached hydrogen (secondary N) is 1. The SMILES string of the molecule is CCCCCCc1ccc(S(=O)(=O)Nc2cc(C(=O)O)ccc2OCCC)cc1. The third-order valence-electron chi connectivity index (χ3n) is 4.49. The van der Waals surface area contributed by atoms with Crippen LogP contribution in [0.1, 0.15) is 61.9 Å². The first kappa shape index (κ1) is 22.7. The van der Waals surface area contributed by atoms with E-state index in [0.29, 0.717) is 12.4 Å². The van der Waals surface area contributed by atoms with Crippen LogP contribution < -0.4 is 9.46 Å². The maximum absolute atomic E-state index is 12.8. The summed E-state index contributed by atoms with van der Waals surface area (Å²) in [6, 6.07) is 10.9. The van der Waals surface area contributed by atoms with E-state index in [-0.39, 0.29) is 16.1 Å². The lowest BCUT2D eigenvalue weighted by atomic mass is 10.1. The van der Waals surface area contributed by atoms with Crippen LogP contribution in [0.25, 0.3) is 0 Å². The van der Waals surface area contributed by atoms with Crippen LogP contribution in [0, 0.1) is 0 Å². The Hall–Kier alpha value is -2.54. The van der Waals surface area contributed by atoms with Gasteiger partial charge in [0.15, 0.2) is 0 Å². The minimum absolute atomic E-state index is 0.0195. The largest absolute Gasteiger partial charge is 0.491 e. The highest BCUT2D eigenvalue weighted by Gasteiger charge is 2.18. The van der Waals surface area contributed by atoms with Crippen LogP contribution in [0.2, 0.25) is 0 Å². The maximum atomic E-state index is 12.8. The number of carbonyl (C=O) groups is 1. The molecule has 0 unspecified atom stereocenters. The first-order chi connectivity index (χ1) is 13.9. The van der Waals surface area contributed by atoms with Gasteiger partial charge in [-0.3, -0.25) is 4.72 Å². The zero-order valence-corrected chi connectivity index (χ0v) is 17.8. The molecule has 0 spiro atoms. The Morgan fingerprint density at radius 1 is 1.00 bits per heavy atom. The van der Waals surface area contributed by atoms with Gasteiger partial charge in [-0.15, -0.1) is 0 Å². The van der Waals surface area contributed by atoms with Crippen LogP contribution in [0.4, 0.5) is 5.69 Å². The highest BCUT2D eigenvalue weighted by atomic mass is 32.2. The highest BCUT2D eigenvalue weighted by Crippen LogP contribution is 2.29. The Bertz CT molecular complexity index is 907. The molecule has 0 aliphatic rings. The van der Waals surface area contributed by atoms with Gasteiger partial charge in [0, 0.05) is 0 Å².